The minimum atomic E-state index is -0.223. The molecule has 23 heavy (non-hydrogen) atoms. The zero-order valence-electron chi connectivity index (χ0n) is 13.2. The average Bonchev–Trinajstić information content (AvgIpc) is 2.59. The van der Waals surface area contributed by atoms with E-state index in [9.17, 15) is 4.79 Å². The van der Waals surface area contributed by atoms with Gasteiger partial charge >= 0.3 is 0 Å². The highest BCUT2D eigenvalue weighted by Crippen LogP contribution is 2.14. The zero-order valence-corrected chi connectivity index (χ0v) is 14.8. The van der Waals surface area contributed by atoms with Crippen molar-refractivity contribution in [2.45, 2.75) is 19.8 Å². The Bertz CT molecular complexity index is 679. The van der Waals surface area contributed by atoms with Gasteiger partial charge in [0.25, 0.3) is 5.91 Å². The maximum atomic E-state index is 12.1. The van der Waals surface area contributed by atoms with Gasteiger partial charge in [0.2, 0.25) is 0 Å². The number of carbonyl (C=O) groups is 1. The van der Waals surface area contributed by atoms with Gasteiger partial charge in [-0.15, -0.1) is 0 Å². The lowest BCUT2D eigenvalue weighted by atomic mass is 10.1. The maximum absolute atomic E-state index is 12.1. The van der Waals surface area contributed by atoms with E-state index in [0.717, 1.165) is 34.3 Å². The number of nitrogens with one attached hydrogen (secondary N) is 1. The summed E-state index contributed by atoms with van der Waals surface area (Å²) in [4.78, 5) is 12.1. The van der Waals surface area contributed by atoms with Crippen molar-refractivity contribution in [3.63, 3.8) is 0 Å². The highest BCUT2D eigenvalue weighted by molar-refractivity contribution is 9.10. The Kier molecular flexibility index (Phi) is 6.35. The van der Waals surface area contributed by atoms with Gasteiger partial charge in [0.05, 0.1) is 12.8 Å². The van der Waals surface area contributed by atoms with E-state index in [4.69, 9.17) is 4.74 Å². The first-order valence-corrected chi connectivity index (χ1v) is 8.20. The summed E-state index contributed by atoms with van der Waals surface area (Å²) < 4.78 is 6.09. The topological polar surface area (TPSA) is 50.7 Å². The van der Waals surface area contributed by atoms with E-state index in [2.05, 4.69) is 33.4 Å². The predicted molar refractivity (Wildman–Crippen MR) is 96.0 cm³/mol. The molecule has 0 radical (unpaired) electrons. The molecule has 2 aromatic rings. The Labute approximate surface area is 144 Å². The minimum Gasteiger partial charge on any atom is -0.497 e. The van der Waals surface area contributed by atoms with Crippen molar-refractivity contribution in [2.75, 3.05) is 7.11 Å². The van der Waals surface area contributed by atoms with Crippen LogP contribution in [0.3, 0.4) is 0 Å². The third kappa shape index (κ3) is 4.93. The fraction of sp³-hybridized carbons (Fsp3) is 0.222. The highest BCUT2D eigenvalue weighted by Gasteiger charge is 2.07. The van der Waals surface area contributed by atoms with Crippen molar-refractivity contribution in [3.8, 4) is 5.75 Å². The van der Waals surface area contributed by atoms with E-state index >= 15 is 0 Å². The molecule has 0 aliphatic rings. The van der Waals surface area contributed by atoms with Gasteiger partial charge in [0, 0.05) is 10.0 Å². The number of hydrazone groups is 1. The summed E-state index contributed by atoms with van der Waals surface area (Å²) in [6.07, 6.45) is 1.73. The summed E-state index contributed by atoms with van der Waals surface area (Å²) in [6, 6.07) is 14.8. The molecule has 0 aliphatic carbocycles. The quantitative estimate of drug-likeness (QED) is 0.601. The second-order valence-electron chi connectivity index (χ2n) is 4.98. The molecule has 2 aromatic carbocycles. The van der Waals surface area contributed by atoms with Crippen LogP contribution in [-0.2, 0) is 0 Å². The van der Waals surface area contributed by atoms with Crippen LogP contribution in [0.1, 0.15) is 35.7 Å². The molecule has 2 rings (SSSR count). The number of nitrogens with zero attached hydrogens (tertiary/aromatic N) is 1. The molecule has 0 saturated heterocycles. The molecular formula is C18H19BrN2O2. The van der Waals surface area contributed by atoms with Gasteiger partial charge in [0.15, 0.2) is 0 Å². The third-order valence-electron chi connectivity index (χ3n) is 3.31. The van der Waals surface area contributed by atoms with Gasteiger partial charge in [-0.2, -0.15) is 5.10 Å². The van der Waals surface area contributed by atoms with E-state index in [-0.39, 0.29) is 5.91 Å². The van der Waals surface area contributed by atoms with Crippen LogP contribution in [-0.4, -0.2) is 18.7 Å². The van der Waals surface area contributed by atoms with Crippen molar-refractivity contribution >= 4 is 27.5 Å². The van der Waals surface area contributed by atoms with Crippen molar-refractivity contribution in [1.82, 2.24) is 5.43 Å². The summed E-state index contributed by atoms with van der Waals surface area (Å²) in [6.45, 7) is 2.08. The lowest BCUT2D eigenvalue weighted by molar-refractivity contribution is 0.0954. The van der Waals surface area contributed by atoms with Crippen LogP contribution in [0, 0.1) is 0 Å². The van der Waals surface area contributed by atoms with Crippen LogP contribution in [0.4, 0.5) is 0 Å². The van der Waals surface area contributed by atoms with Gasteiger partial charge in [0.1, 0.15) is 5.75 Å². The lowest BCUT2D eigenvalue weighted by Gasteiger charge is -2.08. The molecule has 0 bridgehead atoms. The molecular weight excluding hydrogens is 356 g/mol. The van der Waals surface area contributed by atoms with Crippen LogP contribution in [0.25, 0.3) is 0 Å². The Morgan fingerprint density at radius 1 is 1.09 bits per heavy atom. The number of amides is 1. The Morgan fingerprint density at radius 3 is 2.26 bits per heavy atom. The van der Waals surface area contributed by atoms with Crippen LogP contribution in [0.15, 0.2) is 58.1 Å². The summed E-state index contributed by atoms with van der Waals surface area (Å²) in [5.41, 5.74) is 5.03. The molecule has 5 heteroatoms. The third-order valence-corrected chi connectivity index (χ3v) is 3.84. The standard InChI is InChI=1S/C18H19BrN2O2/c1-3-4-17(13-7-11-16(23-2)12-8-13)20-21-18(22)14-5-9-15(19)10-6-14/h5-12H,3-4H2,1-2H3,(H,21,22)/b20-17-. The second kappa shape index (κ2) is 8.48. The van der Waals surface area contributed by atoms with Crippen LogP contribution in [0.2, 0.25) is 0 Å². The van der Waals surface area contributed by atoms with Gasteiger partial charge in [-0.25, -0.2) is 5.43 Å². The van der Waals surface area contributed by atoms with E-state index in [1.54, 1.807) is 19.2 Å². The van der Waals surface area contributed by atoms with Gasteiger partial charge in [-0.1, -0.05) is 29.3 Å². The number of hydrogen-bond donors (Lipinski definition) is 1. The van der Waals surface area contributed by atoms with E-state index < -0.39 is 0 Å². The number of benzene rings is 2. The smallest absolute Gasteiger partial charge is 0.271 e. The Balaban J connectivity index is 2.14. The van der Waals surface area contributed by atoms with Gasteiger partial charge < -0.3 is 4.74 Å². The summed E-state index contributed by atoms with van der Waals surface area (Å²) in [5.74, 6) is 0.572. The fourth-order valence-electron chi connectivity index (χ4n) is 2.07. The van der Waals surface area contributed by atoms with E-state index in [1.165, 1.54) is 0 Å². The number of hydrogen-bond acceptors (Lipinski definition) is 3. The average molecular weight is 375 g/mol. The second-order valence-corrected chi connectivity index (χ2v) is 5.90. The Morgan fingerprint density at radius 2 is 1.70 bits per heavy atom. The first-order valence-electron chi connectivity index (χ1n) is 7.41. The molecule has 1 N–H and O–H groups in total. The summed E-state index contributed by atoms with van der Waals surface area (Å²) in [5, 5.41) is 4.30. The van der Waals surface area contributed by atoms with Gasteiger partial charge in [-0.05, 0) is 60.5 Å². The summed E-state index contributed by atoms with van der Waals surface area (Å²) >= 11 is 3.35. The SMILES string of the molecule is CCC/C(=N/NC(=O)c1ccc(Br)cc1)c1ccc(OC)cc1. The fourth-order valence-corrected chi connectivity index (χ4v) is 2.33. The molecule has 4 nitrogen and oxygen atoms in total. The van der Waals surface area contributed by atoms with E-state index in [1.807, 2.05) is 36.4 Å². The van der Waals surface area contributed by atoms with E-state index in [0.29, 0.717) is 5.56 Å². The molecule has 0 aliphatic heterocycles. The number of methoxy groups -OCH3 is 1. The first kappa shape index (κ1) is 17.2. The molecule has 0 unspecified atom stereocenters. The number of carbonyl (C=O) groups excluding carboxylic acids is 1. The number of ether oxygens (including phenoxy) is 1. The number of rotatable bonds is 6. The largest absolute Gasteiger partial charge is 0.497 e. The lowest BCUT2D eigenvalue weighted by Crippen LogP contribution is -2.20. The Hall–Kier alpha value is -2.14. The predicted octanol–water partition coefficient (Wildman–Crippen LogP) is 4.39. The van der Waals surface area contributed by atoms with Crippen LogP contribution >= 0.6 is 15.9 Å². The minimum absolute atomic E-state index is 0.223. The van der Waals surface area contributed by atoms with Crippen LogP contribution in [0.5, 0.6) is 5.75 Å². The molecule has 0 aromatic heterocycles. The zero-order chi connectivity index (χ0) is 16.7. The van der Waals surface area contributed by atoms with Crippen molar-refractivity contribution in [1.29, 1.82) is 0 Å². The summed E-state index contributed by atoms with van der Waals surface area (Å²) in [7, 11) is 1.63. The van der Waals surface area contributed by atoms with Gasteiger partial charge in [-0.3, -0.25) is 4.79 Å². The molecule has 1 amide bonds. The normalized spacial score (nSPS) is 11.2. The molecule has 0 spiro atoms. The maximum Gasteiger partial charge on any atom is 0.271 e. The monoisotopic (exact) mass is 374 g/mol. The number of halogens is 1. The molecule has 120 valence electrons. The highest BCUT2D eigenvalue weighted by atomic mass is 79.9. The molecule has 0 fully saturated rings. The van der Waals surface area contributed by atoms with Crippen LogP contribution < -0.4 is 10.2 Å². The van der Waals surface area contributed by atoms with Crippen molar-refractivity contribution in [2.24, 2.45) is 5.10 Å². The van der Waals surface area contributed by atoms with Crippen molar-refractivity contribution < 1.29 is 9.53 Å². The molecule has 0 saturated carbocycles. The molecule has 0 heterocycles. The molecule has 0 atom stereocenters. The first-order chi connectivity index (χ1) is 11.1. The van der Waals surface area contributed by atoms with Crippen molar-refractivity contribution in [3.05, 3.63) is 64.1 Å².